The largest absolute Gasteiger partial charge is 0.345 e. The molecule has 0 bridgehead atoms. The first-order chi connectivity index (χ1) is 8.66. The van der Waals surface area contributed by atoms with Gasteiger partial charge in [-0.25, -0.2) is 0 Å². The number of hydrogen-bond donors (Lipinski definition) is 1. The first kappa shape index (κ1) is 12.2. The third kappa shape index (κ3) is 2.88. The van der Waals surface area contributed by atoms with E-state index < -0.39 is 0 Å². The fourth-order valence-corrected chi connectivity index (χ4v) is 1.80. The third-order valence-electron chi connectivity index (χ3n) is 2.70. The Morgan fingerprint density at radius 1 is 1.00 bits per heavy atom. The summed E-state index contributed by atoms with van der Waals surface area (Å²) >= 11 is 0. The summed E-state index contributed by atoms with van der Waals surface area (Å²) in [6, 6.07) is 17.9. The van der Waals surface area contributed by atoms with Crippen molar-refractivity contribution in [1.29, 1.82) is 0 Å². The van der Waals surface area contributed by atoms with Crippen molar-refractivity contribution in [3.05, 3.63) is 54.6 Å². The molecule has 2 aromatic rings. The number of carbonyl (C=O) groups excluding carboxylic acids is 1. The van der Waals surface area contributed by atoms with E-state index in [1.807, 2.05) is 61.6 Å². The van der Waals surface area contributed by atoms with Crippen molar-refractivity contribution in [2.75, 3.05) is 17.3 Å². The lowest BCUT2D eigenvalue weighted by Crippen LogP contribution is -2.10. The maximum absolute atomic E-state index is 11.0. The summed E-state index contributed by atoms with van der Waals surface area (Å²) in [6.07, 6.45) is 0. The summed E-state index contributed by atoms with van der Waals surface area (Å²) in [4.78, 5) is 13.1. The van der Waals surface area contributed by atoms with E-state index in [0.29, 0.717) is 0 Å². The molecule has 0 aromatic heterocycles. The predicted molar refractivity (Wildman–Crippen MR) is 75.3 cm³/mol. The number of hydrogen-bond acceptors (Lipinski definition) is 2. The molecule has 0 unspecified atom stereocenters. The van der Waals surface area contributed by atoms with Gasteiger partial charge in [0.1, 0.15) is 0 Å². The van der Waals surface area contributed by atoms with Crippen molar-refractivity contribution in [2.45, 2.75) is 6.92 Å². The van der Waals surface area contributed by atoms with Crippen LogP contribution in [0.25, 0.3) is 0 Å². The van der Waals surface area contributed by atoms with E-state index in [9.17, 15) is 4.79 Å². The number of nitrogens with zero attached hydrogens (tertiary/aromatic N) is 1. The molecule has 0 atom stereocenters. The number of carbonyl (C=O) groups is 1. The normalized spacial score (nSPS) is 9.89. The molecule has 2 rings (SSSR count). The minimum atomic E-state index is -0.0606. The highest BCUT2D eigenvalue weighted by atomic mass is 16.1. The van der Waals surface area contributed by atoms with E-state index in [1.54, 1.807) is 0 Å². The number of benzene rings is 2. The minimum Gasteiger partial charge on any atom is -0.345 e. The van der Waals surface area contributed by atoms with Crippen molar-refractivity contribution >= 4 is 23.0 Å². The Labute approximate surface area is 107 Å². The second kappa shape index (κ2) is 5.36. The van der Waals surface area contributed by atoms with E-state index in [4.69, 9.17) is 0 Å². The van der Waals surface area contributed by atoms with Gasteiger partial charge in [0.2, 0.25) is 5.91 Å². The van der Waals surface area contributed by atoms with Crippen LogP contribution in [0.4, 0.5) is 17.1 Å². The molecule has 1 amide bonds. The van der Waals surface area contributed by atoms with Crippen LogP contribution in [0.2, 0.25) is 0 Å². The maximum atomic E-state index is 11.0. The topological polar surface area (TPSA) is 32.3 Å². The monoisotopic (exact) mass is 240 g/mol. The first-order valence-electron chi connectivity index (χ1n) is 5.83. The van der Waals surface area contributed by atoms with Crippen LogP contribution in [0.1, 0.15) is 6.92 Å². The Morgan fingerprint density at radius 3 is 2.33 bits per heavy atom. The van der Waals surface area contributed by atoms with E-state index in [2.05, 4.69) is 10.2 Å². The summed E-state index contributed by atoms with van der Waals surface area (Å²) in [5, 5.41) is 2.79. The SMILES string of the molecule is CC(=O)Nc1cccc(N(C)c2ccccc2)c1. The molecule has 0 saturated carbocycles. The lowest BCUT2D eigenvalue weighted by molar-refractivity contribution is -0.114. The van der Waals surface area contributed by atoms with Gasteiger partial charge in [0, 0.05) is 31.0 Å². The van der Waals surface area contributed by atoms with Crippen molar-refractivity contribution in [3.8, 4) is 0 Å². The van der Waals surface area contributed by atoms with Crippen LogP contribution in [0.3, 0.4) is 0 Å². The Hall–Kier alpha value is -2.29. The molecule has 0 radical (unpaired) electrons. The molecule has 0 fully saturated rings. The molecular weight excluding hydrogens is 224 g/mol. The quantitative estimate of drug-likeness (QED) is 0.891. The maximum Gasteiger partial charge on any atom is 0.221 e. The first-order valence-corrected chi connectivity index (χ1v) is 5.83. The van der Waals surface area contributed by atoms with Crippen molar-refractivity contribution in [1.82, 2.24) is 0 Å². The van der Waals surface area contributed by atoms with E-state index in [1.165, 1.54) is 6.92 Å². The molecule has 18 heavy (non-hydrogen) atoms. The van der Waals surface area contributed by atoms with Crippen LogP contribution >= 0.6 is 0 Å². The van der Waals surface area contributed by atoms with Gasteiger partial charge >= 0.3 is 0 Å². The zero-order valence-electron chi connectivity index (χ0n) is 10.6. The number of anilines is 3. The van der Waals surface area contributed by atoms with Crippen LogP contribution in [0.15, 0.2) is 54.6 Å². The van der Waals surface area contributed by atoms with E-state index >= 15 is 0 Å². The average molecular weight is 240 g/mol. The van der Waals surface area contributed by atoms with Gasteiger partial charge in [-0.3, -0.25) is 4.79 Å². The Balaban J connectivity index is 2.25. The van der Waals surface area contributed by atoms with Gasteiger partial charge in [-0.2, -0.15) is 0 Å². The molecule has 2 aromatic carbocycles. The van der Waals surface area contributed by atoms with Gasteiger partial charge in [0.05, 0.1) is 0 Å². The zero-order valence-corrected chi connectivity index (χ0v) is 10.6. The second-order valence-electron chi connectivity index (χ2n) is 4.13. The molecular formula is C15H16N2O. The lowest BCUT2D eigenvalue weighted by atomic mass is 10.2. The number of nitrogens with one attached hydrogen (secondary N) is 1. The van der Waals surface area contributed by atoms with Gasteiger partial charge in [-0.15, -0.1) is 0 Å². The Kier molecular flexibility index (Phi) is 3.63. The number of amides is 1. The number of rotatable bonds is 3. The molecule has 3 heteroatoms. The highest BCUT2D eigenvalue weighted by molar-refractivity contribution is 5.89. The van der Waals surface area contributed by atoms with Crippen molar-refractivity contribution < 1.29 is 4.79 Å². The van der Waals surface area contributed by atoms with Crippen LogP contribution in [-0.2, 0) is 4.79 Å². The lowest BCUT2D eigenvalue weighted by Gasteiger charge is -2.20. The summed E-state index contributed by atoms with van der Waals surface area (Å²) < 4.78 is 0. The van der Waals surface area contributed by atoms with Gasteiger partial charge < -0.3 is 10.2 Å². The number of para-hydroxylation sites is 1. The smallest absolute Gasteiger partial charge is 0.221 e. The second-order valence-corrected chi connectivity index (χ2v) is 4.13. The predicted octanol–water partition coefficient (Wildman–Crippen LogP) is 3.41. The van der Waals surface area contributed by atoms with Crippen LogP contribution in [0, 0.1) is 0 Å². The summed E-state index contributed by atoms with van der Waals surface area (Å²) in [5.41, 5.74) is 2.95. The molecule has 0 heterocycles. The molecule has 0 aliphatic heterocycles. The highest BCUT2D eigenvalue weighted by Gasteiger charge is 2.04. The fourth-order valence-electron chi connectivity index (χ4n) is 1.80. The van der Waals surface area contributed by atoms with E-state index in [0.717, 1.165) is 17.1 Å². The molecule has 0 spiro atoms. The highest BCUT2D eigenvalue weighted by Crippen LogP contribution is 2.25. The molecule has 1 N–H and O–H groups in total. The van der Waals surface area contributed by atoms with Gasteiger partial charge in [-0.1, -0.05) is 24.3 Å². The molecule has 0 saturated heterocycles. The Morgan fingerprint density at radius 2 is 1.67 bits per heavy atom. The zero-order chi connectivity index (χ0) is 13.0. The van der Waals surface area contributed by atoms with Gasteiger partial charge in [0.15, 0.2) is 0 Å². The van der Waals surface area contributed by atoms with Crippen molar-refractivity contribution in [3.63, 3.8) is 0 Å². The van der Waals surface area contributed by atoms with Crippen LogP contribution in [-0.4, -0.2) is 13.0 Å². The van der Waals surface area contributed by atoms with Crippen LogP contribution in [0.5, 0.6) is 0 Å². The minimum absolute atomic E-state index is 0.0606. The summed E-state index contributed by atoms with van der Waals surface area (Å²) in [5.74, 6) is -0.0606. The third-order valence-corrected chi connectivity index (χ3v) is 2.70. The Bertz CT molecular complexity index is 537. The van der Waals surface area contributed by atoms with E-state index in [-0.39, 0.29) is 5.91 Å². The van der Waals surface area contributed by atoms with Gasteiger partial charge in [0.25, 0.3) is 0 Å². The molecule has 92 valence electrons. The fraction of sp³-hybridized carbons (Fsp3) is 0.133. The molecule has 0 aliphatic rings. The molecule has 0 aliphatic carbocycles. The van der Waals surface area contributed by atoms with Crippen LogP contribution < -0.4 is 10.2 Å². The molecule has 3 nitrogen and oxygen atoms in total. The van der Waals surface area contributed by atoms with Gasteiger partial charge in [-0.05, 0) is 30.3 Å². The standard InChI is InChI=1S/C15H16N2O/c1-12(18)16-13-7-6-10-15(11-13)17(2)14-8-4-3-5-9-14/h3-11H,1-2H3,(H,16,18). The summed E-state index contributed by atoms with van der Waals surface area (Å²) in [6.45, 7) is 1.51. The average Bonchev–Trinajstić information content (AvgIpc) is 2.38. The van der Waals surface area contributed by atoms with Crippen molar-refractivity contribution in [2.24, 2.45) is 0 Å². The summed E-state index contributed by atoms with van der Waals surface area (Å²) in [7, 11) is 2.00.